The molecule has 0 radical (unpaired) electrons. The molecule has 0 aliphatic heterocycles. The highest BCUT2D eigenvalue weighted by Crippen LogP contribution is 2.57. The molecule has 1 aromatic heterocycles. The number of nitrogens with one attached hydrogen (secondary N) is 1. The molecular formula is C28H37Cl2N3O5. The molecule has 1 aromatic carbocycles. The number of amides is 1. The molecule has 8 nitrogen and oxygen atoms in total. The number of halogens is 2. The van der Waals surface area contributed by atoms with Crippen LogP contribution < -0.4 is 5.32 Å². The van der Waals surface area contributed by atoms with Gasteiger partial charge >= 0.3 is 11.9 Å². The lowest BCUT2D eigenvalue weighted by molar-refractivity contribution is -0.173. The zero-order chi connectivity index (χ0) is 28.5. The van der Waals surface area contributed by atoms with Crippen molar-refractivity contribution in [3.05, 3.63) is 52.0 Å². The van der Waals surface area contributed by atoms with Gasteiger partial charge in [-0.1, -0.05) is 43.1 Å². The van der Waals surface area contributed by atoms with Crippen LogP contribution in [-0.4, -0.2) is 46.1 Å². The van der Waals surface area contributed by atoms with E-state index >= 15 is 0 Å². The summed E-state index contributed by atoms with van der Waals surface area (Å²) in [5, 5.41) is 3.81. The van der Waals surface area contributed by atoms with Gasteiger partial charge < -0.3 is 19.4 Å². The minimum atomic E-state index is -0.926. The number of carbonyl (C=O) groups excluding carboxylic acids is 3. The molecule has 208 valence electrons. The van der Waals surface area contributed by atoms with Crippen molar-refractivity contribution in [1.29, 1.82) is 0 Å². The van der Waals surface area contributed by atoms with Gasteiger partial charge in [0.1, 0.15) is 11.6 Å². The quantitative estimate of drug-likeness (QED) is 0.440. The number of methoxy groups -OCH3 is 1. The molecule has 1 aliphatic carbocycles. The van der Waals surface area contributed by atoms with Gasteiger partial charge in [-0.2, -0.15) is 0 Å². The van der Waals surface area contributed by atoms with Crippen LogP contribution in [0.5, 0.6) is 0 Å². The minimum absolute atomic E-state index is 0.156. The first-order valence-corrected chi connectivity index (χ1v) is 13.4. The van der Waals surface area contributed by atoms with E-state index in [-0.39, 0.29) is 18.3 Å². The first-order valence-electron chi connectivity index (χ1n) is 12.6. The zero-order valence-electron chi connectivity index (χ0n) is 23.1. The predicted octanol–water partition coefficient (Wildman–Crippen LogP) is 5.22. The van der Waals surface area contributed by atoms with E-state index in [1.165, 1.54) is 7.11 Å². The van der Waals surface area contributed by atoms with Gasteiger partial charge in [-0.05, 0) is 63.6 Å². The summed E-state index contributed by atoms with van der Waals surface area (Å²) in [6.07, 6.45) is 4.63. The largest absolute Gasteiger partial charge is 0.467 e. The molecule has 0 saturated heterocycles. The SMILES string of the molecule is COC(=O)[C@H](Cc1cn(Cc2ccc(Cl)c(Cl)c2)cn1)NC(=O)[C@H]1CC[C@@](C)(C(=O)OC(C)(C)C)C1(C)C. The van der Waals surface area contributed by atoms with Crippen LogP contribution >= 0.6 is 23.2 Å². The first-order chi connectivity index (χ1) is 17.6. The average Bonchev–Trinajstić information content (AvgIpc) is 3.35. The number of ether oxygens (including phenoxy) is 2. The summed E-state index contributed by atoms with van der Waals surface area (Å²) in [5.41, 5.74) is -0.605. The van der Waals surface area contributed by atoms with Gasteiger partial charge in [0.05, 0.1) is 34.6 Å². The lowest BCUT2D eigenvalue weighted by atomic mass is 9.65. The number of benzene rings is 1. The molecule has 1 heterocycles. The molecule has 10 heteroatoms. The molecular weight excluding hydrogens is 529 g/mol. The summed E-state index contributed by atoms with van der Waals surface area (Å²) >= 11 is 12.1. The van der Waals surface area contributed by atoms with Gasteiger partial charge in [-0.15, -0.1) is 0 Å². The van der Waals surface area contributed by atoms with Gasteiger partial charge in [0.15, 0.2) is 0 Å². The second-order valence-corrected chi connectivity index (χ2v) is 12.5. The Labute approximate surface area is 234 Å². The van der Waals surface area contributed by atoms with Crippen molar-refractivity contribution in [1.82, 2.24) is 14.9 Å². The van der Waals surface area contributed by atoms with E-state index in [2.05, 4.69) is 10.3 Å². The van der Waals surface area contributed by atoms with E-state index in [1.807, 2.05) is 58.4 Å². The Hall–Kier alpha value is -2.58. The zero-order valence-corrected chi connectivity index (χ0v) is 24.6. The Morgan fingerprint density at radius 2 is 1.87 bits per heavy atom. The average molecular weight is 567 g/mol. The molecule has 3 atom stereocenters. The maximum atomic E-state index is 13.5. The van der Waals surface area contributed by atoms with Gasteiger partial charge in [0.25, 0.3) is 0 Å². The highest BCUT2D eigenvalue weighted by Gasteiger charge is 2.59. The molecule has 1 aliphatic rings. The third-order valence-electron chi connectivity index (χ3n) is 7.64. The number of rotatable bonds is 8. The molecule has 0 spiro atoms. The fourth-order valence-electron chi connectivity index (χ4n) is 4.98. The van der Waals surface area contributed by atoms with E-state index in [0.717, 1.165) is 5.56 Å². The van der Waals surface area contributed by atoms with Crippen LogP contribution in [0.1, 0.15) is 65.6 Å². The first kappa shape index (κ1) is 30.0. The summed E-state index contributed by atoms with van der Waals surface area (Å²) < 4.78 is 12.5. The normalized spacial score (nSPS) is 21.6. The lowest BCUT2D eigenvalue weighted by Gasteiger charge is -2.40. The summed E-state index contributed by atoms with van der Waals surface area (Å²) in [7, 11) is 1.28. The fraction of sp³-hybridized carbons (Fsp3) is 0.571. The summed E-state index contributed by atoms with van der Waals surface area (Å²) in [5.74, 6) is -1.67. The van der Waals surface area contributed by atoms with Crippen molar-refractivity contribution in [3.63, 3.8) is 0 Å². The summed E-state index contributed by atoms with van der Waals surface area (Å²) in [6.45, 7) is 11.7. The van der Waals surface area contributed by atoms with Crippen LogP contribution in [-0.2, 0) is 36.8 Å². The van der Waals surface area contributed by atoms with Crippen LogP contribution in [0.2, 0.25) is 10.0 Å². The monoisotopic (exact) mass is 565 g/mol. The number of aromatic nitrogens is 2. The van der Waals surface area contributed by atoms with Crippen LogP contribution in [0, 0.1) is 16.7 Å². The second-order valence-electron chi connectivity index (χ2n) is 11.7. The van der Waals surface area contributed by atoms with Gasteiger partial charge in [-0.3, -0.25) is 9.59 Å². The van der Waals surface area contributed by atoms with E-state index in [0.29, 0.717) is 35.1 Å². The summed E-state index contributed by atoms with van der Waals surface area (Å²) in [4.78, 5) is 43.6. The molecule has 0 unspecified atom stereocenters. The van der Waals surface area contributed by atoms with Crippen molar-refractivity contribution in [3.8, 4) is 0 Å². The Morgan fingerprint density at radius 1 is 1.18 bits per heavy atom. The van der Waals surface area contributed by atoms with Crippen molar-refractivity contribution in [2.75, 3.05) is 7.11 Å². The number of imidazole rings is 1. The van der Waals surface area contributed by atoms with Crippen molar-refractivity contribution in [2.45, 2.75) is 79.0 Å². The van der Waals surface area contributed by atoms with Crippen LogP contribution in [0.4, 0.5) is 0 Å². The van der Waals surface area contributed by atoms with Crippen molar-refractivity contribution < 1.29 is 23.9 Å². The van der Waals surface area contributed by atoms with Gasteiger partial charge in [0.2, 0.25) is 5.91 Å². The van der Waals surface area contributed by atoms with Crippen LogP contribution in [0.15, 0.2) is 30.7 Å². The number of hydrogen-bond donors (Lipinski definition) is 1. The van der Waals surface area contributed by atoms with E-state index < -0.39 is 34.4 Å². The van der Waals surface area contributed by atoms with E-state index in [9.17, 15) is 14.4 Å². The van der Waals surface area contributed by atoms with Gasteiger partial charge in [-0.25, -0.2) is 9.78 Å². The van der Waals surface area contributed by atoms with Crippen molar-refractivity contribution in [2.24, 2.45) is 16.7 Å². The number of esters is 2. The molecule has 1 saturated carbocycles. The molecule has 38 heavy (non-hydrogen) atoms. The van der Waals surface area contributed by atoms with Crippen molar-refractivity contribution >= 4 is 41.0 Å². The standard InChI is InChI=1S/C28H37Cl2N3O5/c1-26(2,3)38-25(36)28(6)11-10-19(27(28,4)5)23(34)32-22(24(35)37-7)13-18-15-33(16-31-18)14-17-8-9-20(29)21(30)12-17/h8-9,12,15-16,19,22H,10-11,13-14H2,1-7H3,(H,32,34)/t19-,22+,28+/m1/s1. The predicted molar refractivity (Wildman–Crippen MR) is 146 cm³/mol. The highest BCUT2D eigenvalue weighted by molar-refractivity contribution is 6.42. The fourth-order valence-corrected chi connectivity index (χ4v) is 5.30. The number of nitrogens with zero attached hydrogens (tertiary/aromatic N) is 2. The Bertz CT molecular complexity index is 1200. The number of hydrogen-bond acceptors (Lipinski definition) is 6. The van der Waals surface area contributed by atoms with Gasteiger partial charge in [0, 0.05) is 25.1 Å². The molecule has 0 bridgehead atoms. The highest BCUT2D eigenvalue weighted by atomic mass is 35.5. The van der Waals surface area contributed by atoms with E-state index in [4.69, 9.17) is 32.7 Å². The maximum absolute atomic E-state index is 13.5. The third kappa shape index (κ3) is 6.52. The Balaban J connectivity index is 1.72. The van der Waals surface area contributed by atoms with Crippen LogP contribution in [0.3, 0.4) is 0 Å². The second kappa shape index (κ2) is 11.3. The molecule has 1 N–H and O–H groups in total. The Kier molecular flexibility index (Phi) is 8.88. The smallest absolute Gasteiger partial charge is 0.328 e. The maximum Gasteiger partial charge on any atom is 0.328 e. The number of carbonyl (C=O) groups is 3. The lowest BCUT2D eigenvalue weighted by Crippen LogP contribution is -2.51. The minimum Gasteiger partial charge on any atom is -0.467 e. The molecule has 2 aromatic rings. The topological polar surface area (TPSA) is 99.5 Å². The van der Waals surface area contributed by atoms with Crippen LogP contribution in [0.25, 0.3) is 0 Å². The third-order valence-corrected chi connectivity index (χ3v) is 8.38. The Morgan fingerprint density at radius 3 is 2.47 bits per heavy atom. The molecule has 3 rings (SSSR count). The summed E-state index contributed by atoms with van der Waals surface area (Å²) in [6, 6.07) is 4.47. The van der Waals surface area contributed by atoms with E-state index in [1.54, 1.807) is 18.5 Å². The molecule has 1 fully saturated rings. The molecule has 1 amide bonds.